The minimum atomic E-state index is -0.929. The minimum Gasteiger partial charge on any atom is -0.381 e. The summed E-state index contributed by atoms with van der Waals surface area (Å²) >= 11 is 0. The zero-order valence-electron chi connectivity index (χ0n) is 11.8. The van der Waals surface area contributed by atoms with E-state index in [2.05, 4.69) is 44.0 Å². The van der Waals surface area contributed by atoms with Crippen LogP contribution >= 0.6 is 0 Å². The molecule has 1 aliphatic rings. The fourth-order valence-corrected chi connectivity index (χ4v) is 7.48. The average molecular weight is 240 g/mol. The Hall–Kier alpha value is 0.951. The van der Waals surface area contributed by atoms with E-state index in [1.807, 2.05) is 0 Å². The largest absolute Gasteiger partial charge is 0.381 e. The molecular formula is C10H27LiNOSi2. The molecule has 0 aromatic heterocycles. The van der Waals surface area contributed by atoms with Crippen molar-refractivity contribution in [3.05, 3.63) is 0 Å². The van der Waals surface area contributed by atoms with Crippen LogP contribution in [-0.2, 0) is 4.74 Å². The molecule has 2 nitrogen and oxygen atoms in total. The Morgan fingerprint density at radius 2 is 1.47 bits per heavy atom. The van der Waals surface area contributed by atoms with Gasteiger partial charge in [-0.25, -0.2) is 0 Å². The van der Waals surface area contributed by atoms with E-state index in [0.29, 0.717) is 0 Å². The van der Waals surface area contributed by atoms with Gasteiger partial charge in [-0.3, -0.25) is 0 Å². The molecule has 0 aromatic rings. The Labute approximate surface area is 111 Å². The second-order valence-corrected chi connectivity index (χ2v) is 13.7. The van der Waals surface area contributed by atoms with Gasteiger partial charge in [-0.05, 0) is 19.9 Å². The molecule has 1 saturated heterocycles. The number of ether oxygens (including phenoxy) is 1. The topological polar surface area (TPSA) is 12.5 Å². The van der Waals surface area contributed by atoms with Crippen molar-refractivity contribution in [1.82, 2.24) is 4.23 Å². The molecule has 0 N–H and O–H groups in total. The Bertz CT molecular complexity index is 139. The van der Waals surface area contributed by atoms with Gasteiger partial charge in [0, 0.05) is 32.1 Å². The van der Waals surface area contributed by atoms with Crippen molar-refractivity contribution in [3.63, 3.8) is 0 Å². The van der Waals surface area contributed by atoms with Gasteiger partial charge in [-0.1, -0.05) is 32.7 Å². The standard InChI is InChI=1S/C6H19NSi2.C4H8O.Li/c1-7(8(2)3)9(4,5)6;1-2-4-5-3-1;/h8H,1-6H3;1-4H2;. The Morgan fingerprint density at radius 1 is 1.07 bits per heavy atom. The van der Waals surface area contributed by atoms with E-state index in [-0.39, 0.29) is 18.9 Å². The van der Waals surface area contributed by atoms with Gasteiger partial charge in [0.2, 0.25) is 0 Å². The van der Waals surface area contributed by atoms with Gasteiger partial charge in [0.1, 0.15) is 8.24 Å². The van der Waals surface area contributed by atoms with Crippen LogP contribution in [0.1, 0.15) is 12.8 Å². The first kappa shape index (κ1) is 18.3. The van der Waals surface area contributed by atoms with E-state index in [4.69, 9.17) is 4.74 Å². The molecule has 0 spiro atoms. The molecule has 0 aliphatic carbocycles. The Morgan fingerprint density at radius 3 is 1.53 bits per heavy atom. The summed E-state index contributed by atoms with van der Waals surface area (Å²) in [6, 6.07) is 0. The molecular weight excluding hydrogens is 213 g/mol. The molecule has 1 aliphatic heterocycles. The fraction of sp³-hybridized carbons (Fsp3) is 1.00. The molecule has 15 heavy (non-hydrogen) atoms. The van der Waals surface area contributed by atoms with Crippen molar-refractivity contribution in [2.75, 3.05) is 20.3 Å². The molecule has 0 aromatic carbocycles. The van der Waals surface area contributed by atoms with Crippen LogP contribution < -0.4 is 0 Å². The van der Waals surface area contributed by atoms with Crippen molar-refractivity contribution in [1.29, 1.82) is 0 Å². The monoisotopic (exact) mass is 240 g/mol. The SMILES string of the molecule is C1CCOC1.CN([SiH](C)C)[Si](C)(C)C.[Li]. The van der Waals surface area contributed by atoms with Gasteiger partial charge < -0.3 is 8.97 Å². The first-order chi connectivity index (χ1) is 6.35. The third-order valence-electron chi connectivity index (χ3n) is 2.66. The van der Waals surface area contributed by atoms with E-state index in [0.717, 1.165) is 13.2 Å². The second-order valence-electron chi connectivity index (χ2n) is 5.19. The van der Waals surface area contributed by atoms with Crippen molar-refractivity contribution >= 4 is 36.1 Å². The summed E-state index contributed by atoms with van der Waals surface area (Å²) in [5, 5.41) is 0. The van der Waals surface area contributed by atoms with Crippen LogP contribution in [0.4, 0.5) is 0 Å². The Balaban J connectivity index is 0. The smallest absolute Gasteiger partial charge is 0.111 e. The van der Waals surface area contributed by atoms with E-state index in [1.165, 1.54) is 12.8 Å². The summed E-state index contributed by atoms with van der Waals surface area (Å²) in [6.07, 6.45) is 2.56. The summed E-state index contributed by atoms with van der Waals surface area (Å²) in [5.41, 5.74) is 0. The third-order valence-corrected chi connectivity index (χ3v) is 10.2. The van der Waals surface area contributed by atoms with Crippen molar-refractivity contribution in [2.24, 2.45) is 0 Å². The van der Waals surface area contributed by atoms with Crippen LogP contribution in [0.5, 0.6) is 0 Å². The summed E-state index contributed by atoms with van der Waals surface area (Å²) in [7, 11) is 0.858. The van der Waals surface area contributed by atoms with E-state index in [9.17, 15) is 0 Å². The van der Waals surface area contributed by atoms with Gasteiger partial charge in [-0.2, -0.15) is 0 Å². The first-order valence-electron chi connectivity index (χ1n) is 5.66. The van der Waals surface area contributed by atoms with E-state index in [1.54, 1.807) is 0 Å². The van der Waals surface area contributed by atoms with Crippen LogP contribution in [0.25, 0.3) is 0 Å². The minimum absolute atomic E-state index is 0. The van der Waals surface area contributed by atoms with Gasteiger partial charge in [-0.15, -0.1) is 0 Å². The van der Waals surface area contributed by atoms with Crippen LogP contribution in [0.15, 0.2) is 0 Å². The quantitative estimate of drug-likeness (QED) is 0.686. The van der Waals surface area contributed by atoms with Gasteiger partial charge in [0.25, 0.3) is 0 Å². The van der Waals surface area contributed by atoms with Gasteiger partial charge in [0.15, 0.2) is 0 Å². The molecule has 0 amide bonds. The van der Waals surface area contributed by atoms with Crippen LogP contribution in [0.3, 0.4) is 0 Å². The van der Waals surface area contributed by atoms with Gasteiger partial charge in [0.05, 0.1) is 8.96 Å². The summed E-state index contributed by atoms with van der Waals surface area (Å²) in [6.45, 7) is 14.0. The number of hydrogen-bond donors (Lipinski definition) is 0. The summed E-state index contributed by atoms with van der Waals surface area (Å²) in [4.78, 5) is 0. The molecule has 0 saturated carbocycles. The van der Waals surface area contributed by atoms with E-state index < -0.39 is 17.2 Å². The summed E-state index contributed by atoms with van der Waals surface area (Å²) < 4.78 is 7.58. The predicted molar refractivity (Wildman–Crippen MR) is 75.8 cm³/mol. The Kier molecular flexibility index (Phi) is 11.0. The second kappa shape index (κ2) is 9.03. The van der Waals surface area contributed by atoms with Crippen LogP contribution in [0.2, 0.25) is 32.7 Å². The fourth-order valence-electron chi connectivity index (χ4n) is 1.28. The van der Waals surface area contributed by atoms with Crippen LogP contribution in [-0.4, -0.2) is 60.5 Å². The zero-order chi connectivity index (χ0) is 11.2. The molecule has 0 atom stereocenters. The van der Waals surface area contributed by atoms with Crippen molar-refractivity contribution in [2.45, 2.75) is 45.6 Å². The third kappa shape index (κ3) is 9.86. The number of hydrogen-bond acceptors (Lipinski definition) is 2. The average Bonchev–Trinajstić information content (AvgIpc) is 2.57. The maximum atomic E-state index is 4.94. The molecule has 87 valence electrons. The maximum Gasteiger partial charge on any atom is 0.111 e. The molecule has 0 bridgehead atoms. The molecule has 1 rings (SSSR count). The molecule has 0 unspecified atom stereocenters. The molecule has 1 heterocycles. The maximum absolute atomic E-state index is 4.94. The summed E-state index contributed by atoms with van der Waals surface area (Å²) in [5.74, 6) is 0. The van der Waals surface area contributed by atoms with Gasteiger partial charge >= 0.3 is 0 Å². The predicted octanol–water partition coefficient (Wildman–Crippen LogP) is 2.15. The van der Waals surface area contributed by atoms with Crippen molar-refractivity contribution in [3.8, 4) is 0 Å². The zero-order valence-corrected chi connectivity index (χ0v) is 13.9. The molecule has 1 radical (unpaired) electrons. The number of rotatable bonds is 2. The van der Waals surface area contributed by atoms with E-state index >= 15 is 0 Å². The first-order valence-corrected chi connectivity index (χ1v) is 11.9. The molecule has 1 fully saturated rings. The molecule has 5 heteroatoms. The van der Waals surface area contributed by atoms with Crippen LogP contribution in [0, 0.1) is 0 Å². The normalized spacial score (nSPS) is 16.0. The number of nitrogens with zero attached hydrogens (tertiary/aromatic N) is 1. The van der Waals surface area contributed by atoms with Crippen molar-refractivity contribution < 1.29 is 4.74 Å².